The summed E-state index contributed by atoms with van der Waals surface area (Å²) in [6, 6.07) is 3.18. The first kappa shape index (κ1) is 28.1. The van der Waals surface area contributed by atoms with Crippen LogP contribution in [0.15, 0.2) is 30.5 Å². The summed E-state index contributed by atoms with van der Waals surface area (Å²) in [5.74, 6) is -3.12. The normalized spacial score (nSPS) is 19.6. The summed E-state index contributed by atoms with van der Waals surface area (Å²) in [4.78, 5) is 55.7. The average molecular weight is 516 g/mol. The van der Waals surface area contributed by atoms with Crippen molar-refractivity contribution < 1.29 is 29.4 Å². The molecule has 1 saturated heterocycles. The first-order valence-corrected chi connectivity index (χ1v) is 12.7. The van der Waals surface area contributed by atoms with Crippen LogP contribution in [0.1, 0.15) is 45.6 Å². The molecule has 1 aromatic heterocycles. The van der Waals surface area contributed by atoms with E-state index in [1.54, 1.807) is 6.20 Å². The van der Waals surface area contributed by atoms with Crippen molar-refractivity contribution in [2.45, 2.75) is 76.7 Å². The van der Waals surface area contributed by atoms with Gasteiger partial charge in [-0.15, -0.1) is 0 Å². The molecule has 0 spiro atoms. The van der Waals surface area contributed by atoms with E-state index in [0.29, 0.717) is 19.3 Å². The van der Waals surface area contributed by atoms with E-state index in [-0.39, 0.29) is 18.9 Å². The summed E-state index contributed by atoms with van der Waals surface area (Å²) in [5, 5.41) is 25.9. The minimum absolute atomic E-state index is 0.0876. The van der Waals surface area contributed by atoms with E-state index in [4.69, 9.17) is 5.73 Å². The fourth-order valence-electron chi connectivity index (χ4n) is 4.64. The number of aliphatic hydroxyl groups excluding tert-OH is 1. The molecule has 0 bridgehead atoms. The fraction of sp³-hybridized carbons (Fsp3) is 0.538. The molecule has 3 amide bonds. The van der Waals surface area contributed by atoms with Gasteiger partial charge in [-0.05, 0) is 37.3 Å². The van der Waals surface area contributed by atoms with E-state index in [9.17, 15) is 29.4 Å². The Morgan fingerprint density at radius 3 is 2.51 bits per heavy atom. The molecule has 3 rings (SSSR count). The monoisotopic (exact) mass is 515 g/mol. The summed E-state index contributed by atoms with van der Waals surface area (Å²) < 4.78 is 0. The number of aliphatic carboxylic acids is 1. The highest BCUT2D eigenvalue weighted by Crippen LogP contribution is 2.23. The van der Waals surface area contributed by atoms with Crippen molar-refractivity contribution in [2.24, 2.45) is 11.7 Å². The molecule has 7 N–H and O–H groups in total. The number of carboxylic acid groups (broad SMARTS) is 1. The maximum atomic E-state index is 13.6. The maximum Gasteiger partial charge on any atom is 0.326 e. The molecule has 0 radical (unpaired) electrons. The third-order valence-electron chi connectivity index (χ3n) is 7.16. The molecule has 37 heavy (non-hydrogen) atoms. The first-order chi connectivity index (χ1) is 17.5. The Hall–Kier alpha value is -3.44. The Morgan fingerprint density at radius 1 is 1.16 bits per heavy atom. The molecule has 1 aliphatic heterocycles. The number of carbonyl (C=O) groups is 4. The number of benzene rings is 1. The smallest absolute Gasteiger partial charge is 0.326 e. The van der Waals surface area contributed by atoms with Crippen molar-refractivity contribution in [2.75, 3.05) is 6.54 Å². The van der Waals surface area contributed by atoms with Gasteiger partial charge < -0.3 is 36.5 Å². The Morgan fingerprint density at radius 2 is 1.86 bits per heavy atom. The van der Waals surface area contributed by atoms with Gasteiger partial charge >= 0.3 is 5.97 Å². The first-order valence-electron chi connectivity index (χ1n) is 12.7. The van der Waals surface area contributed by atoms with E-state index in [1.807, 2.05) is 38.1 Å². The number of hydrogen-bond acceptors (Lipinski definition) is 6. The molecular formula is C26H37N5O6. The standard InChI is InChI=1S/C26H37N5O6/c1-4-14(2)21(27)23(33)30-22(15(3)32)24(34)29-19(25(35)31-11-7-10-20(31)26(36)37)12-16-13-28-18-9-6-5-8-17(16)18/h5-6,8-9,13-15,19-22,28,32H,4,7,10-12,27H2,1-3H3,(H,29,34)(H,30,33)(H,36,37). The van der Waals surface area contributed by atoms with Crippen LogP contribution in [0.2, 0.25) is 0 Å². The van der Waals surface area contributed by atoms with Gasteiger partial charge in [0.15, 0.2) is 0 Å². The molecule has 202 valence electrons. The van der Waals surface area contributed by atoms with Crippen LogP contribution in [0, 0.1) is 5.92 Å². The number of aromatic amines is 1. The second-order valence-electron chi connectivity index (χ2n) is 9.79. The Bertz CT molecular complexity index is 1130. The van der Waals surface area contributed by atoms with Gasteiger partial charge in [-0.1, -0.05) is 38.5 Å². The van der Waals surface area contributed by atoms with Gasteiger partial charge in [0.1, 0.15) is 18.1 Å². The summed E-state index contributed by atoms with van der Waals surface area (Å²) >= 11 is 0. The van der Waals surface area contributed by atoms with Crippen molar-refractivity contribution in [3.8, 4) is 0 Å². The zero-order chi connectivity index (χ0) is 27.3. The van der Waals surface area contributed by atoms with E-state index >= 15 is 0 Å². The Balaban J connectivity index is 1.86. The molecule has 1 aliphatic rings. The van der Waals surface area contributed by atoms with E-state index in [2.05, 4.69) is 15.6 Å². The summed E-state index contributed by atoms with van der Waals surface area (Å²) in [6.07, 6.45) is 2.09. The lowest BCUT2D eigenvalue weighted by molar-refractivity contribution is -0.149. The third-order valence-corrected chi connectivity index (χ3v) is 7.16. The van der Waals surface area contributed by atoms with Crippen LogP contribution in [0.4, 0.5) is 0 Å². The van der Waals surface area contributed by atoms with Crippen molar-refractivity contribution in [3.63, 3.8) is 0 Å². The molecule has 6 unspecified atom stereocenters. The zero-order valence-electron chi connectivity index (χ0n) is 21.4. The van der Waals surface area contributed by atoms with Crippen LogP contribution in [-0.2, 0) is 25.6 Å². The number of carbonyl (C=O) groups excluding carboxylic acids is 3. The predicted molar refractivity (Wildman–Crippen MR) is 137 cm³/mol. The number of amides is 3. The predicted octanol–water partition coefficient (Wildman–Crippen LogP) is 0.510. The summed E-state index contributed by atoms with van der Waals surface area (Å²) in [7, 11) is 0. The van der Waals surface area contributed by atoms with Gasteiger partial charge in [0, 0.05) is 30.1 Å². The highest BCUT2D eigenvalue weighted by Gasteiger charge is 2.39. The minimum atomic E-state index is -1.35. The number of rotatable bonds is 11. The van der Waals surface area contributed by atoms with Gasteiger partial charge in [0.05, 0.1) is 12.1 Å². The van der Waals surface area contributed by atoms with Crippen LogP contribution in [0.3, 0.4) is 0 Å². The van der Waals surface area contributed by atoms with Gasteiger partial charge in [0.2, 0.25) is 17.7 Å². The van der Waals surface area contributed by atoms with Crippen LogP contribution >= 0.6 is 0 Å². The highest BCUT2D eigenvalue weighted by molar-refractivity contribution is 5.95. The molecule has 11 heteroatoms. The zero-order valence-corrected chi connectivity index (χ0v) is 21.4. The van der Waals surface area contributed by atoms with Crippen molar-refractivity contribution in [1.82, 2.24) is 20.5 Å². The van der Waals surface area contributed by atoms with Crippen molar-refractivity contribution in [1.29, 1.82) is 0 Å². The molecule has 1 fully saturated rings. The number of fused-ring (bicyclic) bond motifs is 1. The summed E-state index contributed by atoms with van der Waals surface area (Å²) in [5.41, 5.74) is 7.61. The van der Waals surface area contributed by atoms with Gasteiger partial charge in [-0.3, -0.25) is 14.4 Å². The molecule has 2 heterocycles. The number of nitrogens with zero attached hydrogens (tertiary/aromatic N) is 1. The number of nitrogens with one attached hydrogen (secondary N) is 3. The average Bonchev–Trinajstić information content (AvgIpc) is 3.53. The lowest BCUT2D eigenvalue weighted by atomic mass is 9.98. The van der Waals surface area contributed by atoms with Gasteiger partial charge in [-0.2, -0.15) is 0 Å². The SMILES string of the molecule is CCC(C)C(N)C(=O)NC(C(=O)NC(Cc1c[nH]c2ccccc12)C(=O)N1CCCC1C(=O)O)C(C)O. The molecule has 11 nitrogen and oxygen atoms in total. The molecule has 2 aromatic rings. The minimum Gasteiger partial charge on any atom is -0.480 e. The molecule has 0 aliphatic carbocycles. The number of aliphatic hydroxyl groups is 1. The number of aromatic nitrogens is 1. The van der Waals surface area contributed by atoms with E-state index in [0.717, 1.165) is 16.5 Å². The van der Waals surface area contributed by atoms with Crippen molar-refractivity contribution in [3.05, 3.63) is 36.0 Å². The largest absolute Gasteiger partial charge is 0.480 e. The Labute approximate surface area is 215 Å². The number of para-hydroxylation sites is 1. The van der Waals surface area contributed by atoms with E-state index in [1.165, 1.54) is 11.8 Å². The molecule has 6 atom stereocenters. The highest BCUT2D eigenvalue weighted by atomic mass is 16.4. The Kier molecular flexibility index (Phi) is 9.28. The topological polar surface area (TPSA) is 178 Å². The van der Waals surface area contributed by atoms with Crippen LogP contribution in [-0.4, -0.2) is 80.6 Å². The number of carboxylic acids is 1. The van der Waals surface area contributed by atoms with Crippen LogP contribution < -0.4 is 16.4 Å². The van der Waals surface area contributed by atoms with E-state index < -0.39 is 54.0 Å². The number of likely N-dealkylation sites (tertiary alicyclic amines) is 1. The lowest BCUT2D eigenvalue weighted by Crippen LogP contribution is -2.60. The quantitative estimate of drug-likeness (QED) is 0.252. The number of nitrogens with two attached hydrogens (primary N) is 1. The number of H-pyrrole nitrogens is 1. The summed E-state index contributed by atoms with van der Waals surface area (Å²) in [6.45, 7) is 5.32. The van der Waals surface area contributed by atoms with Crippen molar-refractivity contribution >= 4 is 34.6 Å². The molecule has 1 aromatic carbocycles. The maximum absolute atomic E-state index is 13.6. The lowest BCUT2D eigenvalue weighted by Gasteiger charge is -2.30. The molecular weight excluding hydrogens is 478 g/mol. The fourth-order valence-corrected chi connectivity index (χ4v) is 4.64. The van der Waals surface area contributed by atoms with Crippen LogP contribution in [0.5, 0.6) is 0 Å². The van der Waals surface area contributed by atoms with Gasteiger partial charge in [0.25, 0.3) is 0 Å². The number of hydrogen-bond donors (Lipinski definition) is 6. The third kappa shape index (κ3) is 6.47. The second kappa shape index (κ2) is 12.2. The second-order valence-corrected chi connectivity index (χ2v) is 9.79. The van der Waals surface area contributed by atoms with Gasteiger partial charge in [-0.25, -0.2) is 4.79 Å². The van der Waals surface area contributed by atoms with Crippen LogP contribution in [0.25, 0.3) is 10.9 Å². The molecule has 0 saturated carbocycles.